The van der Waals surface area contributed by atoms with Crippen molar-refractivity contribution in [1.82, 2.24) is 0 Å². The Labute approximate surface area is 145 Å². The van der Waals surface area contributed by atoms with Gasteiger partial charge < -0.3 is 5.73 Å². The topological polar surface area (TPSA) is 72.5 Å². The Bertz CT molecular complexity index is 947. The first-order valence-electron chi connectivity index (χ1n) is 7.78. The molecule has 0 aliphatic carbocycles. The quantitative estimate of drug-likeness (QED) is 0.332. The molecule has 0 aliphatic rings. The van der Waals surface area contributed by atoms with Crippen LogP contribution >= 0.6 is 0 Å². The number of hydrogen-bond acceptors (Lipinski definition) is 4. The van der Waals surface area contributed by atoms with Gasteiger partial charge in [0, 0.05) is 17.5 Å². The lowest BCUT2D eigenvalue weighted by atomic mass is 9.99. The van der Waals surface area contributed by atoms with Gasteiger partial charge >= 0.3 is 0 Å². The third-order valence-electron chi connectivity index (χ3n) is 3.71. The van der Waals surface area contributed by atoms with Gasteiger partial charge in [-0.05, 0) is 29.8 Å². The number of rotatable bonds is 5. The minimum Gasteiger partial charge on any atom is -0.398 e. The number of ketones is 2. The summed E-state index contributed by atoms with van der Waals surface area (Å²) in [5, 5.41) is 0. The van der Waals surface area contributed by atoms with Crippen LogP contribution in [0.1, 0.15) is 26.3 Å². The normalized spacial score (nSPS) is 10.7. The minimum atomic E-state index is -0.638. The number of hydrogen-bond donors (Lipinski definition) is 1. The van der Waals surface area contributed by atoms with Gasteiger partial charge in [-0.1, -0.05) is 54.6 Å². The van der Waals surface area contributed by atoms with E-state index >= 15 is 0 Å². The lowest BCUT2D eigenvalue weighted by Crippen LogP contribution is -2.16. The number of nitrogens with two attached hydrogens (primary N) is 1. The highest BCUT2D eigenvalue weighted by Gasteiger charge is 2.22. The summed E-state index contributed by atoms with van der Waals surface area (Å²) in [5.41, 5.74) is 7.90. The van der Waals surface area contributed by atoms with Crippen molar-refractivity contribution in [1.29, 1.82) is 0 Å². The second kappa shape index (κ2) is 7.36. The Morgan fingerprint density at radius 3 is 2.00 bits per heavy atom. The summed E-state index contributed by atoms with van der Waals surface area (Å²) in [4.78, 5) is 29.5. The molecule has 0 spiro atoms. The summed E-state index contributed by atoms with van der Waals surface area (Å²) in [7, 11) is 0. The van der Waals surface area contributed by atoms with Crippen molar-refractivity contribution in [2.75, 3.05) is 5.73 Å². The summed E-state index contributed by atoms with van der Waals surface area (Å²) in [6.45, 7) is 0. The molecule has 3 aromatic rings. The zero-order valence-electron chi connectivity index (χ0n) is 13.4. The number of para-hydroxylation sites is 2. The summed E-state index contributed by atoms with van der Waals surface area (Å²) in [5.74, 6) is -1.26. The summed E-state index contributed by atoms with van der Waals surface area (Å²) < 4.78 is 0. The number of nitrogens with zero attached hydrogens (tertiary/aromatic N) is 1. The van der Waals surface area contributed by atoms with Crippen molar-refractivity contribution < 1.29 is 9.59 Å². The van der Waals surface area contributed by atoms with Gasteiger partial charge in [-0.25, -0.2) is 0 Å². The molecule has 0 atom stereocenters. The Kier molecular flexibility index (Phi) is 4.81. The van der Waals surface area contributed by atoms with Crippen LogP contribution in [0.4, 0.5) is 11.4 Å². The summed E-state index contributed by atoms with van der Waals surface area (Å²) in [6.07, 6.45) is 1.66. The van der Waals surface area contributed by atoms with Crippen LogP contribution in [0.15, 0.2) is 83.9 Å². The molecule has 0 unspecified atom stereocenters. The lowest BCUT2D eigenvalue weighted by molar-refractivity contribution is 0.0818. The maximum atomic E-state index is 12.7. The lowest BCUT2D eigenvalue weighted by Gasteiger charge is -2.06. The Hall–Kier alpha value is -3.53. The molecule has 2 N–H and O–H groups in total. The Morgan fingerprint density at radius 1 is 0.720 bits per heavy atom. The maximum Gasteiger partial charge on any atom is 0.235 e. The Balaban J connectivity index is 1.93. The fourth-order valence-corrected chi connectivity index (χ4v) is 2.41. The first kappa shape index (κ1) is 16.3. The molecule has 0 bridgehead atoms. The third-order valence-corrected chi connectivity index (χ3v) is 3.71. The average molecular weight is 328 g/mol. The number of carbonyl (C=O) groups is 2. The molecule has 0 amide bonds. The summed E-state index contributed by atoms with van der Waals surface area (Å²) >= 11 is 0. The summed E-state index contributed by atoms with van der Waals surface area (Å²) in [6, 6.07) is 22.8. The Morgan fingerprint density at radius 2 is 1.28 bits per heavy atom. The highest BCUT2D eigenvalue weighted by molar-refractivity contribution is 6.50. The van der Waals surface area contributed by atoms with Crippen molar-refractivity contribution in [2.24, 2.45) is 4.99 Å². The van der Waals surface area contributed by atoms with Crippen molar-refractivity contribution in [2.45, 2.75) is 0 Å². The van der Waals surface area contributed by atoms with Gasteiger partial charge in [0.25, 0.3) is 0 Å². The van der Waals surface area contributed by atoms with Crippen LogP contribution < -0.4 is 5.73 Å². The highest BCUT2D eigenvalue weighted by Crippen LogP contribution is 2.22. The number of anilines is 1. The highest BCUT2D eigenvalue weighted by atomic mass is 16.2. The molecular weight excluding hydrogens is 312 g/mol. The second-order valence-corrected chi connectivity index (χ2v) is 5.43. The smallest absolute Gasteiger partial charge is 0.235 e. The number of Topliss-reactive ketones (excluding diaryl/α,β-unsaturated/α-hetero) is 2. The maximum absolute atomic E-state index is 12.7. The molecule has 0 saturated heterocycles. The van der Waals surface area contributed by atoms with Crippen LogP contribution in [0.3, 0.4) is 0 Å². The van der Waals surface area contributed by atoms with Crippen molar-refractivity contribution >= 4 is 29.2 Å². The molecule has 4 nitrogen and oxygen atoms in total. The van der Waals surface area contributed by atoms with Crippen LogP contribution in [0.25, 0.3) is 0 Å². The van der Waals surface area contributed by atoms with Crippen molar-refractivity contribution in [3.05, 3.63) is 95.6 Å². The second-order valence-electron chi connectivity index (χ2n) is 5.43. The largest absolute Gasteiger partial charge is 0.398 e. The minimum absolute atomic E-state index is 0.203. The van der Waals surface area contributed by atoms with Crippen LogP contribution in [0, 0.1) is 0 Å². The van der Waals surface area contributed by atoms with Gasteiger partial charge in [-0.2, -0.15) is 0 Å². The van der Waals surface area contributed by atoms with Gasteiger partial charge in [0.05, 0.1) is 11.3 Å². The van der Waals surface area contributed by atoms with E-state index in [0.29, 0.717) is 5.69 Å². The molecule has 0 heterocycles. The van der Waals surface area contributed by atoms with Crippen molar-refractivity contribution in [3.63, 3.8) is 0 Å². The molecule has 0 aliphatic heterocycles. The standard InChI is InChI=1S/C21H16N2O2/c22-18-12-6-4-10-16(18)20(24)21(25)17-11-5-7-13-19(17)23-14-15-8-2-1-3-9-15/h1-14H,22H2. The zero-order valence-corrected chi connectivity index (χ0v) is 13.4. The van der Waals surface area contributed by atoms with Crippen LogP contribution in [0.5, 0.6) is 0 Å². The predicted molar refractivity (Wildman–Crippen MR) is 99.7 cm³/mol. The fraction of sp³-hybridized carbons (Fsp3) is 0. The molecule has 4 heteroatoms. The van der Waals surface area contributed by atoms with Crippen LogP contribution in [0.2, 0.25) is 0 Å². The van der Waals surface area contributed by atoms with Crippen LogP contribution in [-0.4, -0.2) is 17.8 Å². The van der Waals surface area contributed by atoms with E-state index in [1.54, 1.807) is 54.7 Å². The van der Waals surface area contributed by atoms with E-state index in [1.165, 1.54) is 0 Å². The van der Waals surface area contributed by atoms with E-state index in [4.69, 9.17) is 5.73 Å². The van der Waals surface area contributed by atoms with E-state index in [1.807, 2.05) is 30.3 Å². The first-order chi connectivity index (χ1) is 12.2. The molecule has 122 valence electrons. The van der Waals surface area contributed by atoms with Gasteiger partial charge in [0.1, 0.15) is 0 Å². The zero-order chi connectivity index (χ0) is 17.6. The van der Waals surface area contributed by atoms with Gasteiger partial charge in [-0.3, -0.25) is 14.6 Å². The fourth-order valence-electron chi connectivity index (χ4n) is 2.41. The SMILES string of the molecule is Nc1ccccc1C(=O)C(=O)c1ccccc1N=Cc1ccccc1. The molecule has 0 aromatic heterocycles. The first-order valence-corrected chi connectivity index (χ1v) is 7.78. The number of carbonyl (C=O) groups excluding carboxylic acids is 2. The number of benzene rings is 3. The molecular formula is C21H16N2O2. The molecule has 3 aromatic carbocycles. The van der Waals surface area contributed by atoms with E-state index in [9.17, 15) is 9.59 Å². The van der Waals surface area contributed by atoms with Crippen LogP contribution in [-0.2, 0) is 0 Å². The monoisotopic (exact) mass is 328 g/mol. The van der Waals surface area contributed by atoms with E-state index in [-0.39, 0.29) is 16.8 Å². The molecule has 3 rings (SSSR count). The van der Waals surface area contributed by atoms with Gasteiger partial charge in [-0.15, -0.1) is 0 Å². The molecule has 0 fully saturated rings. The van der Waals surface area contributed by atoms with Crippen molar-refractivity contribution in [3.8, 4) is 0 Å². The van der Waals surface area contributed by atoms with Gasteiger partial charge in [0.15, 0.2) is 0 Å². The van der Waals surface area contributed by atoms with E-state index < -0.39 is 11.6 Å². The average Bonchev–Trinajstić information content (AvgIpc) is 2.67. The van der Waals surface area contributed by atoms with E-state index in [0.717, 1.165) is 5.56 Å². The molecule has 0 saturated carbocycles. The molecule has 0 radical (unpaired) electrons. The third kappa shape index (κ3) is 3.70. The number of nitrogen functional groups attached to an aromatic ring is 1. The molecule has 25 heavy (non-hydrogen) atoms. The number of aliphatic imine (C=N–C) groups is 1. The van der Waals surface area contributed by atoms with E-state index in [2.05, 4.69) is 4.99 Å². The van der Waals surface area contributed by atoms with Gasteiger partial charge in [0.2, 0.25) is 11.6 Å². The predicted octanol–water partition coefficient (Wildman–Crippen LogP) is 4.09.